The maximum atomic E-state index is 10.1. The van der Waals surface area contributed by atoms with Crippen molar-refractivity contribution in [2.75, 3.05) is 26.2 Å². The second kappa shape index (κ2) is 6.50. The molecule has 1 atom stereocenters. The van der Waals surface area contributed by atoms with Crippen LogP contribution in [0.2, 0.25) is 0 Å². The second-order valence-electron chi connectivity index (χ2n) is 4.83. The summed E-state index contributed by atoms with van der Waals surface area (Å²) in [6.45, 7) is 1.74. The van der Waals surface area contributed by atoms with Gasteiger partial charge < -0.3 is 19.5 Å². The van der Waals surface area contributed by atoms with Crippen LogP contribution in [0.1, 0.15) is 18.6 Å². The highest BCUT2D eigenvalue weighted by atomic mass is 16.5. The van der Waals surface area contributed by atoms with Crippen LogP contribution in [0.15, 0.2) is 42.5 Å². The predicted octanol–water partition coefficient (Wildman–Crippen LogP) is 3.53. The van der Waals surface area contributed by atoms with E-state index in [9.17, 15) is 5.11 Å². The Hall–Kier alpha value is -2.20. The lowest BCUT2D eigenvalue weighted by Gasteiger charge is -2.25. The number of methoxy groups -OCH3 is 2. The van der Waals surface area contributed by atoms with E-state index in [0.29, 0.717) is 5.75 Å². The first-order valence-electron chi connectivity index (χ1n) is 6.81. The summed E-state index contributed by atoms with van der Waals surface area (Å²) < 4.78 is 10.6. The van der Waals surface area contributed by atoms with Crippen LogP contribution in [0.4, 0.5) is 11.4 Å². The summed E-state index contributed by atoms with van der Waals surface area (Å²) in [4.78, 5) is 2.01. The summed E-state index contributed by atoms with van der Waals surface area (Å²) in [5.41, 5.74) is 2.65. The molecule has 0 spiro atoms. The second-order valence-corrected chi connectivity index (χ2v) is 4.83. The van der Waals surface area contributed by atoms with Crippen molar-refractivity contribution in [3.8, 4) is 11.5 Å². The van der Waals surface area contributed by atoms with E-state index in [4.69, 9.17) is 9.47 Å². The molecule has 0 radical (unpaired) electrons. The van der Waals surface area contributed by atoms with Crippen LogP contribution in [0.5, 0.6) is 11.5 Å². The van der Waals surface area contributed by atoms with Gasteiger partial charge in [-0.05, 0) is 31.2 Å². The van der Waals surface area contributed by atoms with Gasteiger partial charge in [-0.15, -0.1) is 0 Å². The molecule has 2 aromatic carbocycles. The van der Waals surface area contributed by atoms with Gasteiger partial charge in [0, 0.05) is 24.4 Å². The number of nitrogens with zero attached hydrogens (tertiary/aromatic N) is 1. The molecule has 4 nitrogen and oxygen atoms in total. The molecule has 0 aliphatic rings. The third-order valence-corrected chi connectivity index (χ3v) is 3.48. The minimum absolute atomic E-state index is 0.621. The Balaban J connectivity index is 2.49. The summed E-state index contributed by atoms with van der Waals surface area (Å²) in [6, 6.07) is 13.5. The van der Waals surface area contributed by atoms with Crippen molar-refractivity contribution in [3.05, 3.63) is 48.0 Å². The molecule has 0 unspecified atom stereocenters. The quantitative estimate of drug-likeness (QED) is 0.913. The Labute approximate surface area is 125 Å². The maximum absolute atomic E-state index is 10.1. The predicted molar refractivity (Wildman–Crippen MR) is 84.7 cm³/mol. The summed E-state index contributed by atoms with van der Waals surface area (Å²) >= 11 is 0. The number of hydrogen-bond acceptors (Lipinski definition) is 4. The van der Waals surface area contributed by atoms with Crippen LogP contribution in [-0.4, -0.2) is 26.4 Å². The van der Waals surface area contributed by atoms with Crippen LogP contribution in [0.25, 0.3) is 0 Å². The number of rotatable bonds is 5. The Morgan fingerprint density at radius 1 is 1.05 bits per heavy atom. The molecule has 0 aliphatic carbocycles. The molecule has 1 N–H and O–H groups in total. The topological polar surface area (TPSA) is 41.9 Å². The van der Waals surface area contributed by atoms with Gasteiger partial charge in [-0.2, -0.15) is 0 Å². The van der Waals surface area contributed by atoms with Crippen molar-refractivity contribution in [2.24, 2.45) is 0 Å². The van der Waals surface area contributed by atoms with Crippen LogP contribution >= 0.6 is 0 Å². The van der Waals surface area contributed by atoms with E-state index >= 15 is 0 Å². The summed E-state index contributed by atoms with van der Waals surface area (Å²) in [6.07, 6.45) is -0.621. The third-order valence-electron chi connectivity index (χ3n) is 3.48. The normalized spacial score (nSPS) is 11.9. The lowest BCUT2D eigenvalue weighted by atomic mass is 10.1. The van der Waals surface area contributed by atoms with Gasteiger partial charge in [0.1, 0.15) is 11.5 Å². The van der Waals surface area contributed by atoms with Crippen molar-refractivity contribution in [2.45, 2.75) is 13.0 Å². The minimum Gasteiger partial charge on any atom is -0.497 e. The van der Waals surface area contributed by atoms with Gasteiger partial charge in [0.05, 0.1) is 26.0 Å². The first-order chi connectivity index (χ1) is 10.1. The molecule has 0 heterocycles. The molecular formula is C17H21NO3. The molecule has 4 heteroatoms. The van der Waals surface area contributed by atoms with Gasteiger partial charge in [0.2, 0.25) is 0 Å². The molecule has 0 saturated heterocycles. The zero-order chi connectivity index (χ0) is 15.4. The highest BCUT2D eigenvalue weighted by molar-refractivity contribution is 5.69. The van der Waals surface area contributed by atoms with Crippen LogP contribution in [0.3, 0.4) is 0 Å². The monoisotopic (exact) mass is 287 g/mol. The SMILES string of the molecule is COc1cccc(N(C)c2cccc(OC)c2[C@@H](C)O)c1. The van der Waals surface area contributed by atoms with E-state index < -0.39 is 6.10 Å². The van der Waals surface area contributed by atoms with Crippen molar-refractivity contribution < 1.29 is 14.6 Å². The number of ether oxygens (including phenoxy) is 2. The van der Waals surface area contributed by atoms with Crippen molar-refractivity contribution in [3.63, 3.8) is 0 Å². The molecule has 2 aromatic rings. The first-order valence-corrected chi connectivity index (χ1v) is 6.81. The number of anilines is 2. The molecule has 0 bridgehead atoms. The average Bonchev–Trinajstić information content (AvgIpc) is 2.53. The minimum atomic E-state index is -0.621. The molecule has 0 amide bonds. The fourth-order valence-electron chi connectivity index (χ4n) is 2.38. The largest absolute Gasteiger partial charge is 0.497 e. The van der Waals surface area contributed by atoms with E-state index in [2.05, 4.69) is 0 Å². The molecule has 0 aromatic heterocycles. The van der Waals surface area contributed by atoms with Gasteiger partial charge in [0.25, 0.3) is 0 Å². The van der Waals surface area contributed by atoms with E-state index in [1.165, 1.54) is 0 Å². The summed E-state index contributed by atoms with van der Waals surface area (Å²) in [7, 11) is 5.21. The molecule has 0 fully saturated rings. The Morgan fingerprint density at radius 3 is 2.38 bits per heavy atom. The standard InChI is InChI=1S/C17H21NO3/c1-12(19)17-15(9-6-10-16(17)21-4)18(2)13-7-5-8-14(11-13)20-3/h5-12,19H,1-4H3/t12-/m1/s1. The van der Waals surface area contributed by atoms with E-state index in [1.807, 2.05) is 54.4 Å². The zero-order valence-corrected chi connectivity index (χ0v) is 12.8. The number of aliphatic hydroxyl groups excluding tert-OH is 1. The van der Waals surface area contributed by atoms with Crippen LogP contribution in [0, 0.1) is 0 Å². The van der Waals surface area contributed by atoms with Crippen LogP contribution < -0.4 is 14.4 Å². The molecule has 0 aliphatic heterocycles. The first kappa shape index (κ1) is 15.2. The molecular weight excluding hydrogens is 266 g/mol. The maximum Gasteiger partial charge on any atom is 0.126 e. The summed E-state index contributed by atoms with van der Waals surface area (Å²) in [5, 5.41) is 10.1. The van der Waals surface area contributed by atoms with E-state index in [0.717, 1.165) is 22.7 Å². The Bertz CT molecular complexity index is 611. The fraction of sp³-hybridized carbons (Fsp3) is 0.294. The van der Waals surface area contributed by atoms with Crippen molar-refractivity contribution >= 4 is 11.4 Å². The Morgan fingerprint density at radius 2 is 1.76 bits per heavy atom. The molecule has 21 heavy (non-hydrogen) atoms. The number of hydrogen-bond donors (Lipinski definition) is 1. The third kappa shape index (κ3) is 3.11. The van der Waals surface area contributed by atoms with E-state index in [-0.39, 0.29) is 0 Å². The molecule has 2 rings (SSSR count). The molecule has 0 saturated carbocycles. The highest BCUT2D eigenvalue weighted by Gasteiger charge is 2.17. The lowest BCUT2D eigenvalue weighted by molar-refractivity contribution is 0.195. The Kier molecular flexibility index (Phi) is 4.70. The lowest BCUT2D eigenvalue weighted by Crippen LogP contribution is -2.13. The zero-order valence-electron chi connectivity index (χ0n) is 12.8. The van der Waals surface area contributed by atoms with Gasteiger partial charge in [-0.25, -0.2) is 0 Å². The van der Waals surface area contributed by atoms with Gasteiger partial charge in [-0.3, -0.25) is 0 Å². The van der Waals surface area contributed by atoms with E-state index in [1.54, 1.807) is 21.1 Å². The van der Waals surface area contributed by atoms with Crippen LogP contribution in [-0.2, 0) is 0 Å². The number of aliphatic hydroxyl groups is 1. The van der Waals surface area contributed by atoms with Gasteiger partial charge >= 0.3 is 0 Å². The van der Waals surface area contributed by atoms with Crippen molar-refractivity contribution in [1.29, 1.82) is 0 Å². The molecule has 112 valence electrons. The smallest absolute Gasteiger partial charge is 0.126 e. The fourth-order valence-corrected chi connectivity index (χ4v) is 2.38. The summed E-state index contributed by atoms with van der Waals surface area (Å²) in [5.74, 6) is 1.47. The average molecular weight is 287 g/mol. The highest BCUT2D eigenvalue weighted by Crippen LogP contribution is 2.37. The van der Waals surface area contributed by atoms with Gasteiger partial charge in [0.15, 0.2) is 0 Å². The number of benzene rings is 2. The van der Waals surface area contributed by atoms with Gasteiger partial charge in [-0.1, -0.05) is 12.1 Å². The van der Waals surface area contributed by atoms with Crippen molar-refractivity contribution in [1.82, 2.24) is 0 Å².